The van der Waals surface area contributed by atoms with Crippen molar-refractivity contribution < 1.29 is 28.3 Å². The monoisotopic (exact) mass is 461 g/mol. The van der Waals surface area contributed by atoms with Crippen LogP contribution in [0, 0.1) is 6.92 Å². The van der Waals surface area contributed by atoms with Gasteiger partial charge in [-0.2, -0.15) is 0 Å². The van der Waals surface area contributed by atoms with E-state index in [1.54, 1.807) is 44.2 Å². The molecule has 0 bridgehead atoms. The first-order valence-corrected chi connectivity index (χ1v) is 10.6. The molecule has 3 rings (SSSR count). The minimum Gasteiger partial charge on any atom is -0.486 e. The van der Waals surface area contributed by atoms with Crippen molar-refractivity contribution in [2.75, 3.05) is 11.9 Å². The van der Waals surface area contributed by atoms with Crippen LogP contribution < -0.4 is 10.1 Å². The molecule has 0 aliphatic carbocycles. The molecular weight excluding hydrogens is 442 g/mol. The third-order valence-electron chi connectivity index (χ3n) is 4.25. The molecule has 1 N–H and O–H groups in total. The highest BCUT2D eigenvalue weighted by molar-refractivity contribution is 7.18. The van der Waals surface area contributed by atoms with Gasteiger partial charge >= 0.3 is 5.97 Å². The molecule has 9 heteroatoms. The van der Waals surface area contributed by atoms with Crippen LogP contribution in [-0.4, -0.2) is 24.3 Å². The van der Waals surface area contributed by atoms with Gasteiger partial charge in [0.2, 0.25) is 0 Å². The summed E-state index contributed by atoms with van der Waals surface area (Å²) in [6.45, 7) is 5.02. The number of ether oxygens (including phenoxy) is 2. The number of halogens is 1. The van der Waals surface area contributed by atoms with E-state index < -0.39 is 11.9 Å². The fraction of sp³-hybridized carbons (Fsp3) is 0.227. The van der Waals surface area contributed by atoms with Gasteiger partial charge in [0.05, 0.1) is 17.0 Å². The number of furan rings is 1. The van der Waals surface area contributed by atoms with Gasteiger partial charge in [-0.3, -0.25) is 9.59 Å². The SMILES string of the molecule is CCOC(=O)c1c(NC(=O)c2ccc(COc3ccc(Cl)cc3)o2)sc(C(C)=O)c1C. The molecule has 0 radical (unpaired) electrons. The summed E-state index contributed by atoms with van der Waals surface area (Å²) in [6, 6.07) is 9.99. The fourth-order valence-corrected chi connectivity index (χ4v) is 4.03. The number of amides is 1. The van der Waals surface area contributed by atoms with Gasteiger partial charge < -0.3 is 19.2 Å². The number of hydrogen-bond acceptors (Lipinski definition) is 7. The molecule has 3 aromatic rings. The maximum Gasteiger partial charge on any atom is 0.341 e. The average Bonchev–Trinajstić information content (AvgIpc) is 3.32. The highest BCUT2D eigenvalue weighted by atomic mass is 35.5. The average molecular weight is 462 g/mol. The maximum absolute atomic E-state index is 12.7. The summed E-state index contributed by atoms with van der Waals surface area (Å²) in [6.07, 6.45) is 0. The standard InChI is InChI=1S/C22H20ClNO6S/c1-4-28-22(27)18-12(2)19(13(3)25)31-21(18)24-20(26)17-10-9-16(30-17)11-29-15-7-5-14(23)6-8-15/h5-10H,4,11H2,1-3H3,(H,24,26). The number of anilines is 1. The van der Waals surface area contributed by atoms with E-state index in [9.17, 15) is 14.4 Å². The molecule has 0 aliphatic rings. The smallest absolute Gasteiger partial charge is 0.341 e. The Bertz CT molecular complexity index is 1120. The molecule has 0 atom stereocenters. The lowest BCUT2D eigenvalue weighted by Crippen LogP contribution is -2.14. The number of esters is 1. The van der Waals surface area contributed by atoms with E-state index >= 15 is 0 Å². The Morgan fingerprint density at radius 3 is 2.48 bits per heavy atom. The van der Waals surface area contributed by atoms with E-state index in [0.717, 1.165) is 11.3 Å². The Kier molecular flexibility index (Phi) is 7.14. The number of hydrogen-bond donors (Lipinski definition) is 1. The second kappa shape index (κ2) is 9.80. The minimum atomic E-state index is -0.601. The van der Waals surface area contributed by atoms with Crippen LogP contribution in [0.1, 0.15) is 55.8 Å². The van der Waals surface area contributed by atoms with Crippen LogP contribution >= 0.6 is 22.9 Å². The highest BCUT2D eigenvalue weighted by Crippen LogP contribution is 2.34. The topological polar surface area (TPSA) is 94.8 Å². The number of carbonyl (C=O) groups is 3. The third kappa shape index (κ3) is 5.34. The van der Waals surface area contributed by atoms with E-state index in [1.165, 1.54) is 13.0 Å². The first kappa shape index (κ1) is 22.6. The van der Waals surface area contributed by atoms with Gasteiger partial charge in [-0.05, 0) is 62.7 Å². The van der Waals surface area contributed by atoms with Crippen molar-refractivity contribution in [2.24, 2.45) is 0 Å². The van der Waals surface area contributed by atoms with Gasteiger partial charge in [-0.15, -0.1) is 11.3 Å². The lowest BCUT2D eigenvalue weighted by atomic mass is 10.1. The van der Waals surface area contributed by atoms with Crippen LogP contribution in [0.4, 0.5) is 5.00 Å². The number of Topliss-reactive ketones (excluding diaryl/α,β-unsaturated/α-hetero) is 1. The van der Waals surface area contributed by atoms with E-state index in [2.05, 4.69) is 5.32 Å². The molecule has 1 aromatic carbocycles. The van der Waals surface area contributed by atoms with Crippen molar-refractivity contribution >= 4 is 45.6 Å². The molecule has 0 unspecified atom stereocenters. The molecule has 2 heterocycles. The van der Waals surface area contributed by atoms with Crippen molar-refractivity contribution in [2.45, 2.75) is 27.4 Å². The zero-order valence-corrected chi connectivity index (χ0v) is 18.7. The summed E-state index contributed by atoms with van der Waals surface area (Å²) in [5.74, 6) is -0.266. The number of carbonyl (C=O) groups excluding carboxylic acids is 3. The van der Waals surface area contributed by atoms with Crippen molar-refractivity contribution in [1.29, 1.82) is 0 Å². The van der Waals surface area contributed by atoms with Crippen LogP contribution in [0.25, 0.3) is 0 Å². The molecule has 2 aromatic heterocycles. The Morgan fingerprint density at radius 1 is 1.13 bits per heavy atom. The summed E-state index contributed by atoms with van der Waals surface area (Å²) in [4.78, 5) is 37.3. The lowest BCUT2D eigenvalue weighted by molar-refractivity contribution is 0.0527. The van der Waals surface area contributed by atoms with Crippen molar-refractivity contribution in [3.8, 4) is 5.75 Å². The Hall–Kier alpha value is -3.10. The molecule has 0 fully saturated rings. The van der Waals surface area contributed by atoms with Crippen LogP contribution in [0.5, 0.6) is 5.75 Å². The van der Waals surface area contributed by atoms with Gasteiger partial charge in [0.25, 0.3) is 5.91 Å². The predicted octanol–water partition coefficient (Wildman–Crippen LogP) is 5.51. The highest BCUT2D eigenvalue weighted by Gasteiger charge is 2.26. The summed E-state index contributed by atoms with van der Waals surface area (Å²) < 4.78 is 16.2. The predicted molar refractivity (Wildman–Crippen MR) is 117 cm³/mol. The lowest BCUT2D eigenvalue weighted by Gasteiger charge is -2.06. The molecule has 31 heavy (non-hydrogen) atoms. The van der Waals surface area contributed by atoms with E-state index in [0.29, 0.717) is 27.0 Å². The van der Waals surface area contributed by atoms with Gasteiger partial charge in [-0.1, -0.05) is 11.6 Å². The van der Waals surface area contributed by atoms with E-state index in [1.807, 2.05) is 0 Å². The molecule has 162 valence electrons. The summed E-state index contributed by atoms with van der Waals surface area (Å²) in [5, 5.41) is 3.49. The minimum absolute atomic E-state index is 0.0416. The van der Waals surface area contributed by atoms with Crippen molar-refractivity contribution in [3.05, 3.63) is 68.9 Å². The van der Waals surface area contributed by atoms with Crippen LogP contribution in [0.2, 0.25) is 5.02 Å². The normalized spacial score (nSPS) is 10.6. The third-order valence-corrected chi connectivity index (χ3v) is 5.81. The molecule has 7 nitrogen and oxygen atoms in total. The molecule has 0 spiro atoms. The quantitative estimate of drug-likeness (QED) is 0.351. The van der Waals surface area contributed by atoms with Gasteiger partial charge in [0, 0.05) is 5.02 Å². The second-order valence-electron chi connectivity index (χ2n) is 6.50. The Labute approximate surface area is 187 Å². The van der Waals surface area contributed by atoms with Gasteiger partial charge in [0.1, 0.15) is 23.1 Å². The van der Waals surface area contributed by atoms with Crippen LogP contribution in [0.15, 0.2) is 40.8 Å². The zero-order chi connectivity index (χ0) is 22.5. The van der Waals surface area contributed by atoms with Gasteiger partial charge in [-0.25, -0.2) is 4.79 Å². The molecular formula is C22H20ClNO6S. The Morgan fingerprint density at radius 2 is 1.84 bits per heavy atom. The maximum atomic E-state index is 12.7. The second-order valence-corrected chi connectivity index (χ2v) is 7.96. The van der Waals surface area contributed by atoms with E-state index in [4.69, 9.17) is 25.5 Å². The summed E-state index contributed by atoms with van der Waals surface area (Å²) in [7, 11) is 0. The van der Waals surface area contributed by atoms with Crippen LogP contribution in [0.3, 0.4) is 0 Å². The van der Waals surface area contributed by atoms with Crippen molar-refractivity contribution in [3.63, 3.8) is 0 Å². The summed E-state index contributed by atoms with van der Waals surface area (Å²) in [5.41, 5.74) is 0.644. The number of ketones is 1. The Balaban J connectivity index is 1.74. The summed E-state index contributed by atoms with van der Waals surface area (Å²) >= 11 is 6.87. The van der Waals surface area contributed by atoms with Crippen LogP contribution in [-0.2, 0) is 11.3 Å². The molecule has 0 aliphatic heterocycles. The largest absolute Gasteiger partial charge is 0.486 e. The zero-order valence-electron chi connectivity index (χ0n) is 17.1. The molecule has 0 saturated heterocycles. The molecule has 1 amide bonds. The number of nitrogens with one attached hydrogen (secondary N) is 1. The van der Waals surface area contributed by atoms with Crippen molar-refractivity contribution in [1.82, 2.24) is 0 Å². The number of thiophene rings is 1. The first-order chi connectivity index (χ1) is 14.8. The number of benzene rings is 1. The fourth-order valence-electron chi connectivity index (χ4n) is 2.81. The first-order valence-electron chi connectivity index (χ1n) is 9.40. The van der Waals surface area contributed by atoms with Gasteiger partial charge in [0.15, 0.2) is 11.5 Å². The molecule has 0 saturated carbocycles. The van der Waals surface area contributed by atoms with E-state index in [-0.39, 0.29) is 35.3 Å². The number of rotatable bonds is 8.